The molecule has 0 fully saturated rings. The minimum absolute atomic E-state index is 0.217. The zero-order valence-corrected chi connectivity index (χ0v) is 13.3. The first-order valence-corrected chi connectivity index (χ1v) is 7.26. The normalized spacial score (nSPS) is 12.7. The lowest BCUT2D eigenvalue weighted by molar-refractivity contribution is 0.579. The van der Waals surface area contributed by atoms with Crippen LogP contribution in [0.15, 0.2) is 22.7 Å². The van der Waals surface area contributed by atoms with E-state index in [1.54, 1.807) is 0 Å². The summed E-state index contributed by atoms with van der Waals surface area (Å²) < 4.78 is 2.98. The van der Waals surface area contributed by atoms with Gasteiger partial charge in [-0.05, 0) is 51.1 Å². The van der Waals surface area contributed by atoms with Gasteiger partial charge in [0.2, 0.25) is 0 Å². The summed E-state index contributed by atoms with van der Waals surface area (Å²) in [6.45, 7) is 9.26. The van der Waals surface area contributed by atoms with Gasteiger partial charge in [-0.25, -0.2) is 4.68 Å². The Morgan fingerprint density at radius 3 is 2.74 bits per heavy atom. The summed E-state index contributed by atoms with van der Waals surface area (Å²) in [5, 5.41) is 12.0. The molecule has 0 amide bonds. The molecule has 0 spiro atoms. The van der Waals surface area contributed by atoms with Crippen molar-refractivity contribution in [3.63, 3.8) is 0 Å². The number of aryl methyl sites for hydroxylation is 1. The van der Waals surface area contributed by atoms with Crippen LogP contribution in [0.3, 0.4) is 0 Å². The van der Waals surface area contributed by atoms with Crippen molar-refractivity contribution in [2.24, 2.45) is 0 Å². The van der Waals surface area contributed by atoms with Gasteiger partial charge in [-0.2, -0.15) is 0 Å². The van der Waals surface area contributed by atoms with Crippen molar-refractivity contribution in [1.82, 2.24) is 20.3 Å². The standard InChI is InChI=1S/C14H19BrN4/c1-5-16-10(3)14-11(4)19(18-17-14)13-7-6-12(15)8-9(13)2/h6-8,10,16H,5H2,1-4H3. The van der Waals surface area contributed by atoms with Crippen molar-refractivity contribution in [2.45, 2.75) is 33.7 Å². The van der Waals surface area contributed by atoms with Gasteiger partial charge < -0.3 is 5.32 Å². The smallest absolute Gasteiger partial charge is 0.103 e. The largest absolute Gasteiger partial charge is 0.309 e. The van der Waals surface area contributed by atoms with E-state index in [9.17, 15) is 0 Å². The van der Waals surface area contributed by atoms with Crippen LogP contribution in [0.4, 0.5) is 0 Å². The molecule has 0 aliphatic heterocycles. The first-order chi connectivity index (χ1) is 9.04. The second-order valence-corrected chi connectivity index (χ2v) is 5.60. The number of hydrogen-bond donors (Lipinski definition) is 1. The second-order valence-electron chi connectivity index (χ2n) is 4.68. The lowest BCUT2D eigenvalue weighted by Gasteiger charge is -2.11. The molecule has 0 aliphatic rings. The summed E-state index contributed by atoms with van der Waals surface area (Å²) in [5.41, 5.74) is 4.33. The van der Waals surface area contributed by atoms with E-state index in [0.29, 0.717) is 0 Å². The molecule has 1 aromatic carbocycles. The Morgan fingerprint density at radius 1 is 1.37 bits per heavy atom. The van der Waals surface area contributed by atoms with E-state index in [1.165, 1.54) is 5.56 Å². The van der Waals surface area contributed by atoms with Crippen LogP contribution in [-0.2, 0) is 0 Å². The lowest BCUT2D eigenvalue weighted by atomic mass is 10.1. The molecule has 0 radical (unpaired) electrons. The van der Waals surface area contributed by atoms with E-state index in [2.05, 4.69) is 71.4 Å². The molecule has 0 bridgehead atoms. The van der Waals surface area contributed by atoms with Gasteiger partial charge >= 0.3 is 0 Å². The topological polar surface area (TPSA) is 42.7 Å². The molecule has 5 heteroatoms. The number of aromatic nitrogens is 3. The molecule has 1 aromatic heterocycles. The maximum absolute atomic E-state index is 4.31. The fourth-order valence-corrected chi connectivity index (χ4v) is 2.70. The van der Waals surface area contributed by atoms with E-state index < -0.39 is 0 Å². The molecule has 4 nitrogen and oxygen atoms in total. The average molecular weight is 323 g/mol. The maximum atomic E-state index is 4.31. The predicted octanol–water partition coefficient (Wildman–Crippen LogP) is 3.32. The third-order valence-corrected chi connectivity index (χ3v) is 3.73. The summed E-state index contributed by atoms with van der Waals surface area (Å²) >= 11 is 3.48. The van der Waals surface area contributed by atoms with Crippen molar-refractivity contribution >= 4 is 15.9 Å². The molecule has 2 rings (SSSR count). The molecular weight excluding hydrogens is 304 g/mol. The van der Waals surface area contributed by atoms with Crippen LogP contribution < -0.4 is 5.32 Å². The Morgan fingerprint density at radius 2 is 2.11 bits per heavy atom. The van der Waals surface area contributed by atoms with Crippen molar-refractivity contribution < 1.29 is 0 Å². The highest BCUT2D eigenvalue weighted by atomic mass is 79.9. The second kappa shape index (κ2) is 5.84. The van der Waals surface area contributed by atoms with Crippen LogP contribution in [0.25, 0.3) is 5.69 Å². The van der Waals surface area contributed by atoms with Gasteiger partial charge in [0, 0.05) is 4.47 Å². The summed E-state index contributed by atoms with van der Waals surface area (Å²) in [6.07, 6.45) is 0. The van der Waals surface area contributed by atoms with Crippen molar-refractivity contribution in [3.8, 4) is 5.69 Å². The molecule has 1 N–H and O–H groups in total. The molecule has 0 aliphatic carbocycles. The SMILES string of the molecule is CCNC(C)c1nnn(-c2ccc(Br)cc2C)c1C. The summed E-state index contributed by atoms with van der Waals surface area (Å²) in [5.74, 6) is 0. The third-order valence-electron chi connectivity index (χ3n) is 3.24. The molecule has 19 heavy (non-hydrogen) atoms. The summed E-state index contributed by atoms with van der Waals surface area (Å²) in [7, 11) is 0. The van der Waals surface area contributed by atoms with Crippen molar-refractivity contribution in [2.75, 3.05) is 6.54 Å². The monoisotopic (exact) mass is 322 g/mol. The highest BCUT2D eigenvalue weighted by molar-refractivity contribution is 9.10. The highest BCUT2D eigenvalue weighted by Crippen LogP contribution is 2.22. The molecule has 2 aromatic rings. The van der Waals surface area contributed by atoms with Gasteiger partial charge in [-0.3, -0.25) is 0 Å². The molecule has 0 saturated carbocycles. The highest BCUT2D eigenvalue weighted by Gasteiger charge is 2.16. The van der Waals surface area contributed by atoms with E-state index in [1.807, 2.05) is 10.7 Å². The average Bonchev–Trinajstić information content (AvgIpc) is 2.72. The Bertz CT molecular complexity index is 577. The quantitative estimate of drug-likeness (QED) is 0.939. The van der Waals surface area contributed by atoms with Crippen LogP contribution in [0.2, 0.25) is 0 Å². The van der Waals surface area contributed by atoms with E-state index in [0.717, 1.165) is 28.1 Å². The molecular formula is C14H19BrN4. The molecule has 1 unspecified atom stereocenters. The molecule has 0 saturated heterocycles. The zero-order chi connectivity index (χ0) is 14.0. The number of nitrogens with zero attached hydrogens (tertiary/aromatic N) is 3. The van der Waals surface area contributed by atoms with Crippen LogP contribution in [0.1, 0.15) is 36.8 Å². The van der Waals surface area contributed by atoms with Crippen molar-refractivity contribution in [3.05, 3.63) is 39.6 Å². The molecule has 102 valence electrons. The minimum atomic E-state index is 0.217. The number of rotatable bonds is 4. The van der Waals surface area contributed by atoms with Gasteiger partial charge in [-0.15, -0.1) is 5.10 Å². The Balaban J connectivity index is 2.41. The lowest BCUT2D eigenvalue weighted by Crippen LogP contribution is -2.19. The Labute approximate surface area is 122 Å². The zero-order valence-electron chi connectivity index (χ0n) is 11.7. The van der Waals surface area contributed by atoms with Crippen LogP contribution in [0.5, 0.6) is 0 Å². The third kappa shape index (κ3) is 2.87. The van der Waals surface area contributed by atoms with Gasteiger partial charge in [-0.1, -0.05) is 28.1 Å². The first-order valence-electron chi connectivity index (χ1n) is 6.46. The van der Waals surface area contributed by atoms with Gasteiger partial charge in [0.15, 0.2) is 0 Å². The predicted molar refractivity (Wildman–Crippen MR) is 80.6 cm³/mol. The van der Waals surface area contributed by atoms with E-state index in [4.69, 9.17) is 0 Å². The van der Waals surface area contributed by atoms with Crippen LogP contribution in [0, 0.1) is 13.8 Å². The minimum Gasteiger partial charge on any atom is -0.309 e. The summed E-state index contributed by atoms with van der Waals surface area (Å²) in [6, 6.07) is 6.39. The number of nitrogens with one attached hydrogen (secondary N) is 1. The van der Waals surface area contributed by atoms with Gasteiger partial charge in [0.05, 0.1) is 17.4 Å². The number of halogens is 1. The van der Waals surface area contributed by atoms with Crippen molar-refractivity contribution in [1.29, 1.82) is 0 Å². The first kappa shape index (κ1) is 14.2. The van der Waals surface area contributed by atoms with E-state index in [-0.39, 0.29) is 6.04 Å². The van der Waals surface area contributed by atoms with Crippen LogP contribution in [-0.4, -0.2) is 21.5 Å². The van der Waals surface area contributed by atoms with Gasteiger partial charge in [0.25, 0.3) is 0 Å². The molecule has 1 atom stereocenters. The number of hydrogen-bond acceptors (Lipinski definition) is 3. The number of benzene rings is 1. The fraction of sp³-hybridized carbons (Fsp3) is 0.429. The Hall–Kier alpha value is -1.20. The molecule has 1 heterocycles. The maximum Gasteiger partial charge on any atom is 0.103 e. The summed E-state index contributed by atoms with van der Waals surface area (Å²) in [4.78, 5) is 0. The Kier molecular flexibility index (Phi) is 4.37. The van der Waals surface area contributed by atoms with E-state index >= 15 is 0 Å². The van der Waals surface area contributed by atoms with Crippen LogP contribution >= 0.6 is 15.9 Å². The van der Waals surface area contributed by atoms with Gasteiger partial charge in [0.1, 0.15) is 5.69 Å². The fourth-order valence-electron chi connectivity index (χ4n) is 2.23.